The summed E-state index contributed by atoms with van der Waals surface area (Å²) >= 11 is 0. The third-order valence-electron chi connectivity index (χ3n) is 8.05. The fourth-order valence-corrected chi connectivity index (χ4v) is 5.82. The first kappa shape index (κ1) is 31.8. The smallest absolute Gasteiger partial charge is 0.166 e. The van der Waals surface area contributed by atoms with Crippen LogP contribution in [0.2, 0.25) is 0 Å². The first-order valence-corrected chi connectivity index (χ1v) is 14.9. The van der Waals surface area contributed by atoms with E-state index < -0.39 is 0 Å². The van der Waals surface area contributed by atoms with E-state index in [0.29, 0.717) is 0 Å². The van der Waals surface area contributed by atoms with Gasteiger partial charge in [-0.2, -0.15) is 0 Å². The summed E-state index contributed by atoms with van der Waals surface area (Å²) in [5.41, 5.74) is 2.95. The number of nitrogens with zero attached hydrogens (tertiary/aromatic N) is 2. The predicted molar refractivity (Wildman–Crippen MR) is 158 cm³/mol. The summed E-state index contributed by atoms with van der Waals surface area (Å²) in [6.45, 7) is 20.6. The Hall–Kier alpha value is -1.18. The molecule has 0 radical (unpaired) electrons. The van der Waals surface area contributed by atoms with Crippen molar-refractivity contribution in [3.63, 3.8) is 0 Å². The van der Waals surface area contributed by atoms with Crippen LogP contribution in [0.15, 0.2) is 23.3 Å². The van der Waals surface area contributed by atoms with Crippen LogP contribution in [0.3, 0.4) is 0 Å². The van der Waals surface area contributed by atoms with E-state index in [4.69, 9.17) is 0 Å². The molecule has 2 saturated carbocycles. The van der Waals surface area contributed by atoms with Crippen molar-refractivity contribution in [2.24, 2.45) is 35.5 Å². The normalized spacial score (nSPS) is 32.9. The van der Waals surface area contributed by atoms with E-state index in [-0.39, 0.29) is 0 Å². The van der Waals surface area contributed by atoms with Gasteiger partial charge in [0, 0.05) is 17.9 Å². The molecule has 6 atom stereocenters. The standard InChI is InChI=1S/2C7H14.C7H12.C6H12N.C6H10N/c5*1-6-3-4-7(2)5-6/h2*6-7H,3-5H2,1-2H3;2*5-6H,3-4H2,1-2H3;3,5H,4H2,1-2H3/q;;;2*+1. The highest BCUT2D eigenvalue weighted by molar-refractivity contribution is 5.74. The molecule has 2 aliphatic heterocycles. The second kappa shape index (κ2) is 17.3. The lowest BCUT2D eigenvalue weighted by Crippen LogP contribution is -1.99. The molecule has 202 valence electrons. The average Bonchev–Trinajstić information content (AvgIpc) is 3.59. The molecule has 3 aliphatic carbocycles. The number of allylic oxidation sites excluding steroid dienone is 3. The van der Waals surface area contributed by atoms with Crippen LogP contribution < -0.4 is 0 Å². The minimum atomic E-state index is 0.824. The van der Waals surface area contributed by atoms with Crippen LogP contribution >= 0.6 is 0 Å². The van der Waals surface area contributed by atoms with E-state index in [9.17, 15) is 0 Å². The third-order valence-corrected chi connectivity index (χ3v) is 8.05. The maximum Gasteiger partial charge on any atom is 0.166 e. The Bertz CT molecular complexity index is 651. The monoisotopic (exact) mass is 486 g/mol. The Labute approximate surface area is 220 Å². The summed E-state index contributed by atoms with van der Waals surface area (Å²) in [6, 6.07) is 0. The minimum absolute atomic E-state index is 0.824. The fraction of sp³-hybridized carbons (Fsp3) is 0.818. The Balaban J connectivity index is 0.000000219. The van der Waals surface area contributed by atoms with Crippen LogP contribution in [0.4, 0.5) is 0 Å². The van der Waals surface area contributed by atoms with E-state index in [1.807, 2.05) is 0 Å². The molecular formula is C33H62N2+2. The van der Waals surface area contributed by atoms with Crippen molar-refractivity contribution in [1.29, 1.82) is 0 Å². The highest BCUT2D eigenvalue weighted by atomic mass is 15.0. The Kier molecular flexibility index (Phi) is 15.7. The second-order valence-corrected chi connectivity index (χ2v) is 13.0. The average molecular weight is 487 g/mol. The molecule has 0 aromatic heterocycles. The van der Waals surface area contributed by atoms with Gasteiger partial charge < -0.3 is 0 Å². The SMILES string of the molecule is CC1=CC(C)CC1.CC1=CC[N+](C)=C1.CC1C=[N+](C)CC1.CC1CCC(C)C1.CC1CCC(C)C1. The van der Waals surface area contributed by atoms with Crippen molar-refractivity contribution in [3.05, 3.63) is 23.3 Å². The molecule has 0 aromatic rings. The van der Waals surface area contributed by atoms with Crippen molar-refractivity contribution in [1.82, 2.24) is 0 Å². The highest BCUT2D eigenvalue weighted by Crippen LogP contribution is 2.29. The molecule has 0 N–H and O–H groups in total. The van der Waals surface area contributed by atoms with Crippen LogP contribution in [0.25, 0.3) is 0 Å². The van der Waals surface area contributed by atoms with Gasteiger partial charge in [0.25, 0.3) is 0 Å². The maximum absolute atomic E-state index is 2.36. The summed E-state index contributed by atoms with van der Waals surface area (Å²) in [7, 11) is 4.20. The van der Waals surface area contributed by atoms with Crippen molar-refractivity contribution >= 4 is 12.4 Å². The minimum Gasteiger partial charge on any atom is -0.242 e. The predicted octanol–water partition coefficient (Wildman–Crippen LogP) is 8.65. The molecule has 35 heavy (non-hydrogen) atoms. The molecule has 0 bridgehead atoms. The molecule has 0 saturated heterocycles. The summed E-state index contributed by atoms with van der Waals surface area (Å²) in [4.78, 5) is 0. The first-order valence-electron chi connectivity index (χ1n) is 14.9. The van der Waals surface area contributed by atoms with Gasteiger partial charge in [-0.1, -0.05) is 78.9 Å². The topological polar surface area (TPSA) is 6.02 Å². The second-order valence-electron chi connectivity index (χ2n) is 13.0. The lowest BCUT2D eigenvalue weighted by molar-refractivity contribution is -0.484. The van der Waals surface area contributed by atoms with E-state index in [1.54, 1.807) is 5.57 Å². The number of hydrogen-bond acceptors (Lipinski definition) is 0. The van der Waals surface area contributed by atoms with Crippen LogP contribution in [0, 0.1) is 35.5 Å². The molecular weight excluding hydrogens is 424 g/mol. The molecule has 0 spiro atoms. The lowest BCUT2D eigenvalue weighted by Gasteiger charge is -1.96. The Morgan fingerprint density at radius 1 is 0.657 bits per heavy atom. The van der Waals surface area contributed by atoms with E-state index >= 15 is 0 Å². The van der Waals surface area contributed by atoms with Gasteiger partial charge in [0.05, 0.1) is 0 Å². The summed E-state index contributed by atoms with van der Waals surface area (Å²) in [6.07, 6.45) is 21.9. The zero-order valence-corrected chi connectivity index (χ0v) is 25.4. The van der Waals surface area contributed by atoms with E-state index in [2.05, 4.69) is 103 Å². The van der Waals surface area contributed by atoms with Crippen LogP contribution in [0.1, 0.15) is 113 Å². The lowest BCUT2D eigenvalue weighted by atomic mass is 10.1. The molecule has 2 heterocycles. The van der Waals surface area contributed by atoms with Gasteiger partial charge in [0.1, 0.15) is 26.9 Å². The molecule has 0 aromatic carbocycles. The van der Waals surface area contributed by atoms with Gasteiger partial charge in [0.2, 0.25) is 0 Å². The van der Waals surface area contributed by atoms with Gasteiger partial charge in [-0.3, -0.25) is 0 Å². The van der Waals surface area contributed by atoms with Crippen LogP contribution in [0.5, 0.6) is 0 Å². The van der Waals surface area contributed by atoms with Crippen molar-refractivity contribution in [3.8, 4) is 0 Å². The van der Waals surface area contributed by atoms with Crippen molar-refractivity contribution < 1.29 is 9.15 Å². The summed E-state index contributed by atoms with van der Waals surface area (Å²) in [5, 5.41) is 0. The van der Waals surface area contributed by atoms with Crippen LogP contribution in [-0.4, -0.2) is 48.8 Å². The zero-order valence-electron chi connectivity index (χ0n) is 25.4. The molecule has 2 heteroatoms. The van der Waals surface area contributed by atoms with E-state index in [0.717, 1.165) is 42.1 Å². The zero-order chi connectivity index (χ0) is 26.4. The number of hydrogen-bond donors (Lipinski definition) is 0. The molecule has 5 aliphatic rings. The maximum atomic E-state index is 2.36. The summed E-state index contributed by atoms with van der Waals surface area (Å²) in [5.74, 6) is 5.78. The first-order chi connectivity index (χ1) is 16.4. The summed E-state index contributed by atoms with van der Waals surface area (Å²) < 4.78 is 4.42. The molecule has 5 rings (SSSR count). The number of likely N-dealkylation sites (N-methyl/N-ethyl adjacent to an activating group) is 1. The Morgan fingerprint density at radius 3 is 1.29 bits per heavy atom. The number of rotatable bonds is 0. The third kappa shape index (κ3) is 16.2. The van der Waals surface area contributed by atoms with E-state index in [1.165, 1.54) is 69.9 Å². The Morgan fingerprint density at radius 2 is 1.17 bits per heavy atom. The van der Waals surface area contributed by atoms with Crippen LogP contribution in [-0.2, 0) is 0 Å². The van der Waals surface area contributed by atoms with Gasteiger partial charge in [0.15, 0.2) is 12.8 Å². The van der Waals surface area contributed by atoms with Gasteiger partial charge in [-0.05, 0) is 75.2 Å². The molecule has 0 amide bonds. The van der Waals surface area contributed by atoms with Crippen molar-refractivity contribution in [2.75, 3.05) is 27.2 Å². The fourth-order valence-electron chi connectivity index (χ4n) is 5.82. The van der Waals surface area contributed by atoms with Gasteiger partial charge in [-0.15, -0.1) is 0 Å². The van der Waals surface area contributed by atoms with Gasteiger partial charge in [-0.25, -0.2) is 9.15 Å². The van der Waals surface area contributed by atoms with Crippen molar-refractivity contribution in [2.45, 2.75) is 113 Å². The molecule has 6 unspecified atom stereocenters. The largest absolute Gasteiger partial charge is 0.242 e. The molecule has 2 fully saturated rings. The quantitative estimate of drug-likeness (QED) is 0.239. The van der Waals surface area contributed by atoms with Gasteiger partial charge >= 0.3 is 0 Å². The molecule has 2 nitrogen and oxygen atoms in total. The highest BCUT2D eigenvalue weighted by Gasteiger charge is 2.16.